The van der Waals surface area contributed by atoms with Crippen molar-refractivity contribution in [3.63, 3.8) is 0 Å². The Balaban J connectivity index is 1.75. The Hall–Kier alpha value is -1.85. The van der Waals surface area contributed by atoms with Crippen molar-refractivity contribution in [2.24, 2.45) is 0 Å². The van der Waals surface area contributed by atoms with E-state index in [0.29, 0.717) is 13.1 Å². The molecule has 134 valence electrons. The molecular formula is C20H26N2O2S. The fourth-order valence-electron chi connectivity index (χ4n) is 3.16. The lowest BCUT2D eigenvalue weighted by molar-refractivity contribution is 0.0141. The summed E-state index contributed by atoms with van der Waals surface area (Å²) in [7, 11) is 0. The van der Waals surface area contributed by atoms with Crippen LogP contribution < -0.4 is 5.32 Å². The van der Waals surface area contributed by atoms with E-state index in [1.54, 1.807) is 11.3 Å². The van der Waals surface area contributed by atoms with Crippen molar-refractivity contribution in [2.45, 2.75) is 45.4 Å². The first-order valence-electron chi connectivity index (χ1n) is 8.74. The summed E-state index contributed by atoms with van der Waals surface area (Å²) in [5, 5.41) is 5.59. The van der Waals surface area contributed by atoms with Crippen LogP contribution in [0.1, 0.15) is 42.8 Å². The zero-order chi connectivity index (χ0) is 17.9. The van der Waals surface area contributed by atoms with E-state index in [1.165, 1.54) is 16.0 Å². The van der Waals surface area contributed by atoms with E-state index in [9.17, 15) is 4.79 Å². The molecule has 1 N–H and O–H groups in total. The molecule has 0 fully saturated rings. The van der Waals surface area contributed by atoms with Gasteiger partial charge in [-0.15, -0.1) is 11.3 Å². The summed E-state index contributed by atoms with van der Waals surface area (Å²) in [4.78, 5) is 15.9. The lowest BCUT2D eigenvalue weighted by Gasteiger charge is -2.38. The quantitative estimate of drug-likeness (QED) is 0.882. The predicted molar refractivity (Wildman–Crippen MR) is 102 cm³/mol. The Labute approximate surface area is 153 Å². The third-order valence-corrected chi connectivity index (χ3v) is 5.13. The summed E-state index contributed by atoms with van der Waals surface area (Å²) in [6.07, 6.45) is 0.640. The van der Waals surface area contributed by atoms with Crippen LogP contribution in [-0.2, 0) is 17.7 Å². The number of ether oxygens (including phenoxy) is 1. The van der Waals surface area contributed by atoms with Gasteiger partial charge in [0.2, 0.25) is 0 Å². The van der Waals surface area contributed by atoms with E-state index in [-0.39, 0.29) is 12.1 Å². The van der Waals surface area contributed by atoms with Crippen LogP contribution in [-0.4, -0.2) is 29.7 Å². The first kappa shape index (κ1) is 18.0. The van der Waals surface area contributed by atoms with Crippen LogP contribution in [0.3, 0.4) is 0 Å². The van der Waals surface area contributed by atoms with Crippen LogP contribution in [0.15, 0.2) is 41.8 Å². The third-order valence-electron chi connectivity index (χ3n) is 4.26. The summed E-state index contributed by atoms with van der Waals surface area (Å²) >= 11 is 1.74. The minimum Gasteiger partial charge on any atom is -0.444 e. The molecule has 4 nitrogen and oxygen atoms in total. The van der Waals surface area contributed by atoms with E-state index in [1.807, 2.05) is 31.7 Å². The molecule has 1 aromatic carbocycles. The maximum absolute atomic E-state index is 12.7. The highest BCUT2D eigenvalue weighted by molar-refractivity contribution is 7.09. The molecule has 1 unspecified atom stereocenters. The molecule has 1 aliphatic heterocycles. The molecule has 0 saturated carbocycles. The lowest BCUT2D eigenvalue weighted by atomic mass is 9.93. The third kappa shape index (κ3) is 4.61. The van der Waals surface area contributed by atoms with Gasteiger partial charge in [0.15, 0.2) is 0 Å². The molecule has 0 aliphatic carbocycles. The second-order valence-electron chi connectivity index (χ2n) is 7.35. The summed E-state index contributed by atoms with van der Waals surface area (Å²) in [6, 6.07) is 12.6. The number of thiophene rings is 1. The van der Waals surface area contributed by atoms with Crippen molar-refractivity contribution in [3.05, 3.63) is 57.8 Å². The van der Waals surface area contributed by atoms with Gasteiger partial charge in [0, 0.05) is 24.5 Å². The van der Waals surface area contributed by atoms with Gasteiger partial charge in [-0.2, -0.15) is 0 Å². The second kappa shape index (κ2) is 7.58. The van der Waals surface area contributed by atoms with Crippen LogP contribution in [0, 0.1) is 0 Å². The minimum atomic E-state index is -0.483. The molecule has 2 aromatic rings. The number of hydrogen-bond acceptors (Lipinski definition) is 4. The van der Waals surface area contributed by atoms with Crippen LogP contribution in [0.25, 0.3) is 0 Å². The van der Waals surface area contributed by atoms with Crippen LogP contribution in [0.5, 0.6) is 0 Å². The van der Waals surface area contributed by atoms with Crippen molar-refractivity contribution < 1.29 is 9.53 Å². The highest BCUT2D eigenvalue weighted by atomic mass is 32.1. The molecule has 1 atom stereocenters. The molecule has 0 bridgehead atoms. The summed E-state index contributed by atoms with van der Waals surface area (Å²) in [5.41, 5.74) is 2.06. The van der Waals surface area contributed by atoms with Gasteiger partial charge < -0.3 is 10.1 Å². The fraction of sp³-hybridized carbons (Fsp3) is 0.450. The molecule has 1 amide bonds. The maximum atomic E-state index is 12.7. The molecule has 0 saturated heterocycles. The van der Waals surface area contributed by atoms with Gasteiger partial charge in [0.25, 0.3) is 0 Å². The molecule has 0 spiro atoms. The van der Waals surface area contributed by atoms with Crippen molar-refractivity contribution >= 4 is 17.4 Å². The highest BCUT2D eigenvalue weighted by Crippen LogP contribution is 2.30. The molecular weight excluding hydrogens is 332 g/mol. The molecule has 1 aromatic heterocycles. The number of amides is 1. The average molecular weight is 359 g/mol. The van der Waals surface area contributed by atoms with Crippen molar-refractivity contribution in [1.82, 2.24) is 10.2 Å². The van der Waals surface area contributed by atoms with Gasteiger partial charge in [0.05, 0.1) is 6.04 Å². The average Bonchev–Trinajstić information content (AvgIpc) is 3.06. The number of carbonyl (C=O) groups is 1. The molecule has 0 radical (unpaired) electrons. The number of benzene rings is 1. The number of carbonyl (C=O) groups excluding carboxylic acids is 1. The monoisotopic (exact) mass is 358 g/mol. The highest BCUT2D eigenvalue weighted by Gasteiger charge is 2.33. The van der Waals surface area contributed by atoms with E-state index in [0.717, 1.165) is 13.0 Å². The van der Waals surface area contributed by atoms with Gasteiger partial charge in [-0.05, 0) is 49.8 Å². The van der Waals surface area contributed by atoms with E-state index < -0.39 is 5.60 Å². The SMILES string of the molecule is CC(C)(C)OC(=O)N1CCc2ccccc2C1CNCc1cccs1. The smallest absolute Gasteiger partial charge is 0.410 e. The standard InChI is InChI=1S/C20H26N2O2S/c1-20(2,3)24-19(23)22-11-10-15-7-4-5-9-17(15)18(22)14-21-13-16-8-6-12-25-16/h4-9,12,18,21H,10-11,13-14H2,1-3H3. The molecule has 2 heterocycles. The number of nitrogens with zero attached hydrogens (tertiary/aromatic N) is 1. The Kier molecular flexibility index (Phi) is 5.45. The number of nitrogens with one attached hydrogen (secondary N) is 1. The molecule has 25 heavy (non-hydrogen) atoms. The Morgan fingerprint density at radius 3 is 2.80 bits per heavy atom. The van der Waals surface area contributed by atoms with Gasteiger partial charge in [-0.3, -0.25) is 4.90 Å². The molecule has 3 rings (SSSR count). The topological polar surface area (TPSA) is 41.6 Å². The van der Waals surface area contributed by atoms with Gasteiger partial charge in [0.1, 0.15) is 5.60 Å². The van der Waals surface area contributed by atoms with Gasteiger partial charge in [-0.1, -0.05) is 30.3 Å². The predicted octanol–water partition coefficient (Wildman–Crippen LogP) is 4.37. The maximum Gasteiger partial charge on any atom is 0.410 e. The van der Waals surface area contributed by atoms with E-state index in [2.05, 4.69) is 41.0 Å². The number of hydrogen-bond donors (Lipinski definition) is 1. The first-order valence-corrected chi connectivity index (χ1v) is 9.62. The van der Waals surface area contributed by atoms with Crippen LogP contribution in [0.2, 0.25) is 0 Å². The van der Waals surface area contributed by atoms with Crippen LogP contribution >= 0.6 is 11.3 Å². The minimum absolute atomic E-state index is 0.000220. The zero-order valence-electron chi connectivity index (χ0n) is 15.1. The van der Waals surface area contributed by atoms with E-state index >= 15 is 0 Å². The Morgan fingerprint density at radius 2 is 2.08 bits per heavy atom. The van der Waals surface area contributed by atoms with E-state index in [4.69, 9.17) is 4.74 Å². The largest absolute Gasteiger partial charge is 0.444 e. The van der Waals surface area contributed by atoms with Crippen molar-refractivity contribution in [1.29, 1.82) is 0 Å². The first-order chi connectivity index (χ1) is 11.9. The van der Waals surface area contributed by atoms with Gasteiger partial charge in [-0.25, -0.2) is 4.79 Å². The molecule has 5 heteroatoms. The lowest BCUT2D eigenvalue weighted by Crippen LogP contribution is -2.46. The molecule has 1 aliphatic rings. The Morgan fingerprint density at radius 1 is 1.28 bits per heavy atom. The summed E-state index contributed by atoms with van der Waals surface area (Å²) in [5.74, 6) is 0. The zero-order valence-corrected chi connectivity index (χ0v) is 15.9. The summed E-state index contributed by atoms with van der Waals surface area (Å²) in [6.45, 7) is 7.95. The second-order valence-corrected chi connectivity index (χ2v) is 8.38. The van der Waals surface area contributed by atoms with Gasteiger partial charge >= 0.3 is 6.09 Å². The normalized spacial score (nSPS) is 17.2. The number of fused-ring (bicyclic) bond motifs is 1. The Bertz CT molecular complexity index is 707. The number of rotatable bonds is 4. The fourth-order valence-corrected chi connectivity index (χ4v) is 3.83. The van der Waals surface area contributed by atoms with Crippen molar-refractivity contribution in [3.8, 4) is 0 Å². The van der Waals surface area contributed by atoms with Crippen LogP contribution in [0.4, 0.5) is 4.79 Å². The summed E-state index contributed by atoms with van der Waals surface area (Å²) < 4.78 is 5.64. The van der Waals surface area contributed by atoms with Crippen molar-refractivity contribution in [2.75, 3.05) is 13.1 Å².